The van der Waals surface area contributed by atoms with Gasteiger partial charge in [0.05, 0.1) is 0 Å². The van der Waals surface area contributed by atoms with Crippen molar-refractivity contribution in [2.45, 2.75) is 33.1 Å². The molecule has 1 saturated carbocycles. The van der Waals surface area contributed by atoms with Crippen LogP contribution in [-0.4, -0.2) is 42.0 Å². The van der Waals surface area contributed by atoms with Crippen molar-refractivity contribution in [2.24, 2.45) is 11.1 Å². The molecule has 0 radical (unpaired) electrons. The minimum absolute atomic E-state index is 0.00765. The lowest BCUT2D eigenvalue weighted by molar-refractivity contribution is 0.0767. The van der Waals surface area contributed by atoms with Gasteiger partial charge in [-0.15, -0.1) is 0 Å². The number of nitrogens with two attached hydrogens (primary N) is 1. The average Bonchev–Trinajstić information content (AvgIpc) is 3.27. The van der Waals surface area contributed by atoms with Gasteiger partial charge in [-0.2, -0.15) is 0 Å². The van der Waals surface area contributed by atoms with Gasteiger partial charge < -0.3 is 16.0 Å². The lowest BCUT2D eigenvalue weighted by atomic mass is 10.0. The molecule has 0 aromatic carbocycles. The number of rotatable bonds is 8. The van der Waals surface area contributed by atoms with Crippen LogP contribution in [-0.2, 0) is 0 Å². The number of nitrogens with zero attached hydrogens (tertiary/aromatic N) is 2. The van der Waals surface area contributed by atoms with Gasteiger partial charge >= 0.3 is 0 Å². The summed E-state index contributed by atoms with van der Waals surface area (Å²) in [5, 5.41) is 3.44. The van der Waals surface area contributed by atoms with Crippen molar-refractivity contribution in [2.75, 3.05) is 31.5 Å². The summed E-state index contributed by atoms with van der Waals surface area (Å²) in [6.45, 7) is 7.03. The smallest absolute Gasteiger partial charge is 0.272 e. The maximum Gasteiger partial charge on any atom is 0.272 e. The summed E-state index contributed by atoms with van der Waals surface area (Å²) in [4.78, 5) is 18.3. The van der Waals surface area contributed by atoms with E-state index in [-0.39, 0.29) is 5.91 Å². The van der Waals surface area contributed by atoms with E-state index in [1.807, 2.05) is 26.0 Å². The Bertz CT molecular complexity index is 481. The standard InChI is InChI=1S/C16H26N4O/c1-3-20(4-2)15(21)14-11-13(5-10-18-14)19-12-16(6-7-16)8-9-17/h5,10-11H,3-4,6-9,12,17H2,1-2H3,(H,18,19). The lowest BCUT2D eigenvalue weighted by Gasteiger charge is -2.19. The molecule has 116 valence electrons. The highest BCUT2D eigenvalue weighted by molar-refractivity contribution is 5.93. The van der Waals surface area contributed by atoms with Crippen LogP contribution in [0.1, 0.15) is 43.6 Å². The van der Waals surface area contributed by atoms with Crippen molar-refractivity contribution in [3.63, 3.8) is 0 Å². The second-order valence-electron chi connectivity index (χ2n) is 5.80. The molecular weight excluding hydrogens is 264 g/mol. The Kier molecular flexibility index (Phi) is 5.17. The third-order valence-corrected chi connectivity index (χ3v) is 4.33. The molecule has 2 rings (SSSR count). The summed E-state index contributed by atoms with van der Waals surface area (Å²) in [6, 6.07) is 3.76. The minimum atomic E-state index is -0.00765. The first-order valence-electron chi connectivity index (χ1n) is 7.83. The SMILES string of the molecule is CCN(CC)C(=O)c1cc(NCC2(CCN)CC2)ccn1. The van der Waals surface area contributed by atoms with E-state index in [0.717, 1.165) is 25.2 Å². The maximum atomic E-state index is 12.3. The Labute approximate surface area is 126 Å². The van der Waals surface area contributed by atoms with Crippen LogP contribution in [0.4, 0.5) is 5.69 Å². The zero-order valence-electron chi connectivity index (χ0n) is 13.1. The number of carbonyl (C=O) groups excluding carboxylic acids is 1. The topological polar surface area (TPSA) is 71.2 Å². The minimum Gasteiger partial charge on any atom is -0.384 e. The van der Waals surface area contributed by atoms with Crippen molar-refractivity contribution in [1.29, 1.82) is 0 Å². The van der Waals surface area contributed by atoms with E-state index in [4.69, 9.17) is 5.73 Å². The molecule has 0 unspecified atom stereocenters. The average molecular weight is 290 g/mol. The fraction of sp³-hybridized carbons (Fsp3) is 0.625. The van der Waals surface area contributed by atoms with Gasteiger partial charge in [0.1, 0.15) is 5.69 Å². The molecule has 0 atom stereocenters. The zero-order chi connectivity index (χ0) is 15.3. The predicted octanol–water partition coefficient (Wildman–Crippen LogP) is 2.10. The molecule has 1 aliphatic carbocycles. The summed E-state index contributed by atoms with van der Waals surface area (Å²) >= 11 is 0. The summed E-state index contributed by atoms with van der Waals surface area (Å²) in [5.41, 5.74) is 7.51. The van der Waals surface area contributed by atoms with Crippen LogP contribution in [0.3, 0.4) is 0 Å². The van der Waals surface area contributed by atoms with Crippen LogP contribution in [0, 0.1) is 5.41 Å². The van der Waals surface area contributed by atoms with Crippen LogP contribution >= 0.6 is 0 Å². The molecule has 0 spiro atoms. The van der Waals surface area contributed by atoms with Crippen LogP contribution < -0.4 is 11.1 Å². The lowest BCUT2D eigenvalue weighted by Crippen LogP contribution is -2.31. The highest BCUT2D eigenvalue weighted by Gasteiger charge is 2.41. The van der Waals surface area contributed by atoms with Gasteiger partial charge in [-0.1, -0.05) is 0 Å². The van der Waals surface area contributed by atoms with Gasteiger partial charge in [0.25, 0.3) is 5.91 Å². The van der Waals surface area contributed by atoms with E-state index in [0.29, 0.717) is 24.2 Å². The number of amides is 1. The van der Waals surface area contributed by atoms with Crippen molar-refractivity contribution in [1.82, 2.24) is 9.88 Å². The molecule has 5 heteroatoms. The zero-order valence-corrected chi connectivity index (χ0v) is 13.1. The molecule has 0 aliphatic heterocycles. The summed E-state index contributed by atoms with van der Waals surface area (Å²) in [6.07, 6.45) is 5.25. The van der Waals surface area contributed by atoms with E-state index in [2.05, 4.69) is 10.3 Å². The van der Waals surface area contributed by atoms with Crippen molar-refractivity contribution in [3.8, 4) is 0 Å². The molecule has 1 aliphatic rings. The van der Waals surface area contributed by atoms with Gasteiger partial charge in [0, 0.05) is 31.5 Å². The first-order valence-corrected chi connectivity index (χ1v) is 7.83. The Hall–Kier alpha value is -1.62. The Morgan fingerprint density at radius 2 is 2.14 bits per heavy atom. The van der Waals surface area contributed by atoms with Gasteiger partial charge in [0.2, 0.25) is 0 Å². The molecule has 1 aromatic heterocycles. The van der Waals surface area contributed by atoms with Crippen LogP contribution in [0.15, 0.2) is 18.3 Å². The monoisotopic (exact) mass is 290 g/mol. The summed E-state index contributed by atoms with van der Waals surface area (Å²) < 4.78 is 0. The first kappa shape index (κ1) is 15.8. The number of hydrogen-bond donors (Lipinski definition) is 2. The Balaban J connectivity index is 1.99. The van der Waals surface area contributed by atoms with Crippen molar-refractivity contribution < 1.29 is 4.79 Å². The van der Waals surface area contributed by atoms with Gasteiger partial charge in [-0.3, -0.25) is 9.78 Å². The van der Waals surface area contributed by atoms with Crippen molar-refractivity contribution >= 4 is 11.6 Å². The van der Waals surface area contributed by atoms with Gasteiger partial charge in [-0.05, 0) is 57.2 Å². The summed E-state index contributed by atoms with van der Waals surface area (Å²) in [5.74, 6) is -0.00765. The largest absolute Gasteiger partial charge is 0.384 e. The highest BCUT2D eigenvalue weighted by atomic mass is 16.2. The molecule has 5 nitrogen and oxygen atoms in total. The number of aromatic nitrogens is 1. The summed E-state index contributed by atoms with van der Waals surface area (Å²) in [7, 11) is 0. The molecule has 1 heterocycles. The molecule has 0 bridgehead atoms. The number of pyridine rings is 1. The second kappa shape index (κ2) is 6.89. The molecule has 3 N–H and O–H groups in total. The normalized spacial score (nSPS) is 15.6. The van der Waals surface area contributed by atoms with Gasteiger partial charge in [0.15, 0.2) is 0 Å². The van der Waals surface area contributed by atoms with E-state index >= 15 is 0 Å². The number of hydrogen-bond acceptors (Lipinski definition) is 4. The van der Waals surface area contributed by atoms with E-state index in [9.17, 15) is 4.79 Å². The van der Waals surface area contributed by atoms with Gasteiger partial charge in [-0.25, -0.2) is 0 Å². The molecule has 1 amide bonds. The number of anilines is 1. The third-order valence-electron chi connectivity index (χ3n) is 4.33. The number of nitrogens with one attached hydrogen (secondary N) is 1. The van der Waals surface area contributed by atoms with Crippen LogP contribution in [0.2, 0.25) is 0 Å². The molecule has 0 saturated heterocycles. The molecule has 21 heavy (non-hydrogen) atoms. The van der Waals surface area contributed by atoms with E-state index in [1.165, 1.54) is 12.8 Å². The third kappa shape index (κ3) is 3.94. The molecule has 1 aromatic rings. The molecule has 1 fully saturated rings. The van der Waals surface area contributed by atoms with Crippen LogP contribution in [0.25, 0.3) is 0 Å². The Morgan fingerprint density at radius 1 is 1.43 bits per heavy atom. The van der Waals surface area contributed by atoms with Crippen LogP contribution in [0.5, 0.6) is 0 Å². The maximum absolute atomic E-state index is 12.3. The fourth-order valence-electron chi connectivity index (χ4n) is 2.62. The highest BCUT2D eigenvalue weighted by Crippen LogP contribution is 2.48. The van der Waals surface area contributed by atoms with E-state index in [1.54, 1.807) is 11.1 Å². The molecular formula is C16H26N4O. The Morgan fingerprint density at radius 3 is 2.71 bits per heavy atom. The van der Waals surface area contributed by atoms with E-state index < -0.39 is 0 Å². The second-order valence-corrected chi connectivity index (χ2v) is 5.80. The predicted molar refractivity (Wildman–Crippen MR) is 85.3 cm³/mol. The fourth-order valence-corrected chi connectivity index (χ4v) is 2.62. The first-order chi connectivity index (χ1) is 10.1. The number of carbonyl (C=O) groups is 1. The quantitative estimate of drug-likeness (QED) is 0.769. The van der Waals surface area contributed by atoms with Crippen molar-refractivity contribution in [3.05, 3.63) is 24.0 Å².